The van der Waals surface area contributed by atoms with Crippen molar-refractivity contribution >= 4 is 11.8 Å². The lowest BCUT2D eigenvalue weighted by Crippen LogP contribution is -2.30. The van der Waals surface area contributed by atoms with Crippen LogP contribution in [0, 0.1) is 5.92 Å². The Morgan fingerprint density at radius 2 is 2.00 bits per heavy atom. The van der Waals surface area contributed by atoms with Gasteiger partial charge in [-0.2, -0.15) is 0 Å². The first-order valence-electron chi connectivity index (χ1n) is 5.18. The maximum atomic E-state index is 11.7. The van der Waals surface area contributed by atoms with E-state index in [2.05, 4.69) is 5.32 Å². The summed E-state index contributed by atoms with van der Waals surface area (Å²) in [4.78, 5) is 23.1. The maximum Gasteiger partial charge on any atom is 0.238 e. The monoisotopic (exact) mass is 217 g/mol. The third kappa shape index (κ3) is 0.988. The van der Waals surface area contributed by atoms with E-state index < -0.39 is 5.41 Å². The molecule has 1 aromatic rings. The third-order valence-electron chi connectivity index (χ3n) is 3.52. The average molecular weight is 217 g/mol. The lowest BCUT2D eigenvalue weighted by molar-refractivity contribution is -0.127. The van der Waals surface area contributed by atoms with E-state index >= 15 is 0 Å². The first-order valence-corrected chi connectivity index (χ1v) is 5.18. The fourth-order valence-electron chi connectivity index (χ4n) is 2.48. The topological polar surface area (TPSA) is 55.4 Å². The van der Waals surface area contributed by atoms with Crippen LogP contribution in [0.25, 0.3) is 0 Å². The first-order chi connectivity index (χ1) is 7.68. The minimum absolute atomic E-state index is 0.138. The lowest BCUT2D eigenvalue weighted by atomic mass is 9.94. The minimum Gasteiger partial charge on any atom is -0.497 e. The number of hydrogen-bond acceptors (Lipinski definition) is 3. The van der Waals surface area contributed by atoms with Gasteiger partial charge in [0, 0.05) is 0 Å². The van der Waals surface area contributed by atoms with Crippen LogP contribution in [-0.2, 0) is 15.0 Å². The SMILES string of the molecule is COc1ccc([C@@]23C[C@@H]2C(=O)NC3=O)cc1. The van der Waals surface area contributed by atoms with Gasteiger partial charge in [-0.1, -0.05) is 12.1 Å². The van der Waals surface area contributed by atoms with Crippen LogP contribution in [0.15, 0.2) is 24.3 Å². The van der Waals surface area contributed by atoms with Crippen LogP contribution >= 0.6 is 0 Å². The molecule has 0 aromatic heterocycles. The van der Waals surface area contributed by atoms with Crippen LogP contribution in [0.5, 0.6) is 5.75 Å². The molecular weight excluding hydrogens is 206 g/mol. The summed E-state index contributed by atoms with van der Waals surface area (Å²) in [6, 6.07) is 7.35. The number of imide groups is 1. The second kappa shape index (κ2) is 2.84. The normalized spacial score (nSPS) is 30.9. The average Bonchev–Trinajstić information content (AvgIpc) is 3.00. The van der Waals surface area contributed by atoms with E-state index in [1.807, 2.05) is 24.3 Å². The van der Waals surface area contributed by atoms with Crippen LogP contribution in [-0.4, -0.2) is 18.9 Å². The molecule has 1 N–H and O–H groups in total. The van der Waals surface area contributed by atoms with Crippen LogP contribution in [0.4, 0.5) is 0 Å². The quantitative estimate of drug-likeness (QED) is 0.738. The highest BCUT2D eigenvalue weighted by Crippen LogP contribution is 2.57. The number of carbonyl (C=O) groups excluding carboxylic acids is 2. The lowest BCUT2D eigenvalue weighted by Gasteiger charge is -2.10. The number of methoxy groups -OCH3 is 1. The van der Waals surface area contributed by atoms with Gasteiger partial charge >= 0.3 is 0 Å². The Kier molecular flexibility index (Phi) is 1.67. The summed E-state index contributed by atoms with van der Waals surface area (Å²) in [5, 5.41) is 2.38. The number of benzene rings is 1. The van der Waals surface area contributed by atoms with E-state index in [-0.39, 0.29) is 17.7 Å². The van der Waals surface area contributed by atoms with Crippen molar-refractivity contribution in [2.24, 2.45) is 5.92 Å². The van der Waals surface area contributed by atoms with Gasteiger partial charge in [0.25, 0.3) is 0 Å². The summed E-state index contributed by atoms with van der Waals surface area (Å²) in [6.45, 7) is 0. The van der Waals surface area contributed by atoms with Gasteiger partial charge in [-0.05, 0) is 24.1 Å². The summed E-state index contributed by atoms with van der Waals surface area (Å²) in [5.74, 6) is 0.295. The number of piperidine rings is 1. The molecule has 1 aliphatic heterocycles. The van der Waals surface area contributed by atoms with Crippen LogP contribution in [0.3, 0.4) is 0 Å². The van der Waals surface area contributed by atoms with Gasteiger partial charge in [-0.25, -0.2) is 0 Å². The summed E-state index contributed by atoms with van der Waals surface area (Å²) < 4.78 is 5.06. The molecule has 4 heteroatoms. The summed E-state index contributed by atoms with van der Waals surface area (Å²) >= 11 is 0. The molecule has 82 valence electrons. The van der Waals surface area contributed by atoms with E-state index in [1.165, 1.54) is 0 Å². The zero-order valence-corrected chi connectivity index (χ0v) is 8.82. The molecule has 1 saturated heterocycles. The highest BCUT2D eigenvalue weighted by Gasteiger charge is 2.69. The van der Waals surface area contributed by atoms with Crippen LogP contribution in [0.2, 0.25) is 0 Å². The molecule has 0 radical (unpaired) electrons. The van der Waals surface area contributed by atoms with Crippen LogP contribution < -0.4 is 10.1 Å². The van der Waals surface area contributed by atoms with E-state index in [1.54, 1.807) is 7.11 Å². The molecule has 1 saturated carbocycles. The number of nitrogens with one attached hydrogen (secondary N) is 1. The van der Waals surface area contributed by atoms with Gasteiger partial charge in [0.1, 0.15) is 5.75 Å². The zero-order chi connectivity index (χ0) is 11.3. The van der Waals surface area contributed by atoms with Gasteiger partial charge < -0.3 is 4.74 Å². The molecule has 0 spiro atoms. The van der Waals surface area contributed by atoms with Crippen molar-refractivity contribution in [2.75, 3.05) is 7.11 Å². The fourth-order valence-corrected chi connectivity index (χ4v) is 2.48. The molecule has 0 bridgehead atoms. The van der Waals surface area contributed by atoms with Gasteiger partial charge in [-0.3, -0.25) is 14.9 Å². The highest BCUT2D eigenvalue weighted by molar-refractivity contribution is 6.15. The van der Waals surface area contributed by atoms with E-state index in [9.17, 15) is 9.59 Å². The molecular formula is C12H11NO3. The molecule has 2 aliphatic rings. The third-order valence-corrected chi connectivity index (χ3v) is 3.52. The first kappa shape index (κ1) is 9.39. The van der Waals surface area contributed by atoms with E-state index in [4.69, 9.17) is 4.74 Å². The number of ether oxygens (including phenoxy) is 1. The summed E-state index contributed by atoms with van der Waals surface area (Å²) in [5.41, 5.74) is 0.324. The molecule has 4 nitrogen and oxygen atoms in total. The second-order valence-corrected chi connectivity index (χ2v) is 4.27. The Labute approximate surface area is 92.6 Å². The molecule has 1 aromatic carbocycles. The van der Waals surface area contributed by atoms with Crippen molar-refractivity contribution in [3.8, 4) is 5.75 Å². The number of amides is 2. The van der Waals surface area contributed by atoms with Crippen molar-refractivity contribution in [3.63, 3.8) is 0 Å². The fraction of sp³-hybridized carbons (Fsp3) is 0.333. The molecule has 0 unspecified atom stereocenters. The molecule has 2 atom stereocenters. The number of carbonyl (C=O) groups is 2. The molecule has 16 heavy (non-hydrogen) atoms. The van der Waals surface area contributed by atoms with Crippen molar-refractivity contribution in [1.82, 2.24) is 5.32 Å². The van der Waals surface area contributed by atoms with E-state index in [0.29, 0.717) is 6.42 Å². The van der Waals surface area contributed by atoms with Crippen molar-refractivity contribution in [1.29, 1.82) is 0 Å². The second-order valence-electron chi connectivity index (χ2n) is 4.27. The molecule has 1 aliphatic carbocycles. The molecule has 2 amide bonds. The summed E-state index contributed by atoms with van der Waals surface area (Å²) in [7, 11) is 1.60. The minimum atomic E-state index is -0.580. The predicted octanol–water partition coefficient (Wildman–Crippen LogP) is 0.609. The predicted molar refractivity (Wildman–Crippen MR) is 55.9 cm³/mol. The zero-order valence-electron chi connectivity index (χ0n) is 8.82. The Hall–Kier alpha value is -1.84. The highest BCUT2D eigenvalue weighted by atomic mass is 16.5. The Morgan fingerprint density at radius 3 is 2.44 bits per heavy atom. The number of rotatable bonds is 2. The van der Waals surface area contributed by atoms with Crippen molar-refractivity contribution in [3.05, 3.63) is 29.8 Å². The molecule has 1 heterocycles. The Morgan fingerprint density at radius 1 is 1.31 bits per heavy atom. The molecule has 2 fully saturated rings. The molecule has 3 rings (SSSR count). The Balaban J connectivity index is 1.99. The summed E-state index contributed by atoms with van der Waals surface area (Å²) in [6.07, 6.45) is 0.643. The number of fused-ring (bicyclic) bond motifs is 1. The smallest absolute Gasteiger partial charge is 0.238 e. The van der Waals surface area contributed by atoms with Gasteiger partial charge in [0.15, 0.2) is 0 Å². The van der Waals surface area contributed by atoms with Crippen LogP contribution in [0.1, 0.15) is 12.0 Å². The van der Waals surface area contributed by atoms with Gasteiger partial charge in [0.2, 0.25) is 11.8 Å². The van der Waals surface area contributed by atoms with Gasteiger partial charge in [0.05, 0.1) is 18.4 Å². The van der Waals surface area contributed by atoms with E-state index in [0.717, 1.165) is 11.3 Å². The standard InChI is InChI=1S/C12H11NO3/c1-16-8-4-2-7(3-5-8)12-6-9(12)10(14)13-11(12)15/h2-5,9H,6H2,1H3,(H,13,14,15)/t9-,12+/m1/s1. The Bertz CT molecular complexity index is 480. The van der Waals surface area contributed by atoms with Gasteiger partial charge in [-0.15, -0.1) is 0 Å². The van der Waals surface area contributed by atoms with Crippen molar-refractivity contribution < 1.29 is 14.3 Å². The largest absolute Gasteiger partial charge is 0.497 e. The maximum absolute atomic E-state index is 11.7. The number of hydrogen-bond donors (Lipinski definition) is 1. The van der Waals surface area contributed by atoms with Crippen molar-refractivity contribution in [2.45, 2.75) is 11.8 Å².